The number of esters is 1. The first-order chi connectivity index (χ1) is 17.2. The van der Waals surface area contributed by atoms with Crippen LogP contribution in [0.4, 0.5) is 0 Å². The van der Waals surface area contributed by atoms with E-state index in [9.17, 15) is 4.79 Å². The van der Waals surface area contributed by atoms with E-state index in [1.165, 1.54) is 71.0 Å². The van der Waals surface area contributed by atoms with Crippen LogP contribution in [-0.2, 0) is 14.3 Å². The Hall–Kier alpha value is -0.910. The van der Waals surface area contributed by atoms with E-state index in [0.29, 0.717) is 23.4 Å². The SMILES string of the molecule is CC(=O)OC1C([N+]2(C)CCCC2)CC2C3CC[C@H]4C=CC(N5CCCOCC5)C[C@]4(C)C3CC[C@@]21C. The van der Waals surface area contributed by atoms with Gasteiger partial charge in [0.2, 0.25) is 0 Å². The zero-order chi connectivity index (χ0) is 25.1. The van der Waals surface area contributed by atoms with E-state index in [2.05, 4.69) is 37.9 Å². The van der Waals surface area contributed by atoms with Crippen molar-refractivity contribution in [2.75, 3.05) is 46.4 Å². The van der Waals surface area contributed by atoms with Crippen molar-refractivity contribution in [3.8, 4) is 0 Å². The zero-order valence-electron chi connectivity index (χ0n) is 23.4. The molecule has 6 unspecified atom stereocenters. The van der Waals surface area contributed by atoms with Crippen LogP contribution in [0.5, 0.6) is 0 Å². The van der Waals surface area contributed by atoms with Crippen LogP contribution >= 0.6 is 0 Å². The van der Waals surface area contributed by atoms with Crippen LogP contribution in [0.3, 0.4) is 0 Å². The highest BCUT2D eigenvalue weighted by Gasteiger charge is 2.66. The Bertz CT molecular complexity index is 860. The van der Waals surface area contributed by atoms with Gasteiger partial charge in [-0.2, -0.15) is 0 Å². The molecule has 0 spiro atoms. The Balaban J connectivity index is 1.28. The maximum absolute atomic E-state index is 12.4. The fraction of sp³-hybridized carbons (Fsp3) is 0.903. The number of ether oxygens (including phenoxy) is 2. The number of hydrogen-bond donors (Lipinski definition) is 0. The van der Waals surface area contributed by atoms with Gasteiger partial charge in [0, 0.05) is 57.3 Å². The lowest BCUT2D eigenvalue weighted by molar-refractivity contribution is -0.924. The van der Waals surface area contributed by atoms with Crippen molar-refractivity contribution >= 4 is 5.97 Å². The normalized spacial score (nSPS) is 48.5. The van der Waals surface area contributed by atoms with Gasteiger partial charge in [0.15, 0.2) is 6.10 Å². The lowest BCUT2D eigenvalue weighted by Gasteiger charge is -2.60. The van der Waals surface area contributed by atoms with Gasteiger partial charge in [-0.1, -0.05) is 26.0 Å². The molecule has 36 heavy (non-hydrogen) atoms. The van der Waals surface area contributed by atoms with Gasteiger partial charge in [-0.15, -0.1) is 0 Å². The average Bonchev–Trinajstić information content (AvgIpc) is 3.28. The third-order valence-electron chi connectivity index (χ3n) is 12.5. The highest BCUT2D eigenvalue weighted by Crippen LogP contribution is 2.67. The van der Waals surface area contributed by atoms with Crippen molar-refractivity contribution in [3.63, 3.8) is 0 Å². The first-order valence-corrected chi connectivity index (χ1v) is 15.3. The summed E-state index contributed by atoms with van der Waals surface area (Å²) >= 11 is 0. The molecule has 0 aromatic rings. The highest BCUT2D eigenvalue weighted by molar-refractivity contribution is 5.66. The molecule has 0 amide bonds. The summed E-state index contributed by atoms with van der Waals surface area (Å²) in [7, 11) is 2.46. The first kappa shape index (κ1) is 25.4. The Morgan fingerprint density at radius 2 is 1.81 bits per heavy atom. The minimum absolute atomic E-state index is 0.0721. The number of likely N-dealkylation sites (N-methyl/N-ethyl adjacent to an activating group) is 1. The van der Waals surface area contributed by atoms with E-state index in [1.54, 1.807) is 6.92 Å². The molecule has 0 N–H and O–H groups in total. The average molecular weight is 500 g/mol. The Kier molecular flexibility index (Phi) is 6.61. The lowest BCUT2D eigenvalue weighted by atomic mass is 9.46. The molecule has 2 heterocycles. The third kappa shape index (κ3) is 4.02. The van der Waals surface area contributed by atoms with E-state index < -0.39 is 0 Å². The number of quaternary nitrogens is 1. The van der Waals surface area contributed by atoms with Gasteiger partial charge in [-0.05, 0) is 67.6 Å². The van der Waals surface area contributed by atoms with Crippen LogP contribution in [0.15, 0.2) is 12.2 Å². The van der Waals surface area contributed by atoms with E-state index in [1.807, 2.05) is 0 Å². The molecule has 0 bridgehead atoms. The fourth-order valence-corrected chi connectivity index (χ4v) is 10.6. The van der Waals surface area contributed by atoms with Gasteiger partial charge in [-0.25, -0.2) is 0 Å². The number of fused-ring (bicyclic) bond motifs is 5. The van der Waals surface area contributed by atoms with Crippen molar-refractivity contribution in [1.29, 1.82) is 0 Å². The molecule has 5 fully saturated rings. The molecule has 5 heteroatoms. The quantitative estimate of drug-likeness (QED) is 0.310. The molecule has 0 aromatic carbocycles. The predicted octanol–water partition coefficient (Wildman–Crippen LogP) is 5.05. The number of likely N-dealkylation sites (tertiary alicyclic amines) is 1. The second-order valence-corrected chi connectivity index (χ2v) is 14.2. The van der Waals surface area contributed by atoms with Crippen LogP contribution in [0.25, 0.3) is 0 Å². The summed E-state index contributed by atoms with van der Waals surface area (Å²) in [4.78, 5) is 15.1. The van der Waals surface area contributed by atoms with E-state index in [0.717, 1.165) is 48.4 Å². The van der Waals surface area contributed by atoms with E-state index >= 15 is 0 Å². The predicted molar refractivity (Wildman–Crippen MR) is 142 cm³/mol. The standard InChI is InChI=1S/C31H51N2O3/c1-22(34)36-29-28(33(4)16-5-6-17-33)20-27-25-11-9-23-8-10-24(32-14-7-18-35-19-15-32)21-31(23,3)26(25)12-13-30(27,29)2/h8,10,23-29H,5-7,9,11-21H2,1-4H3/q+1/t23-,24?,25?,26?,27?,28?,29?,30+,31+/m1/s1. The highest BCUT2D eigenvalue weighted by atomic mass is 16.5. The van der Waals surface area contributed by atoms with Gasteiger partial charge >= 0.3 is 5.97 Å². The fourth-order valence-electron chi connectivity index (χ4n) is 10.6. The molecule has 4 aliphatic carbocycles. The number of carbonyl (C=O) groups is 1. The second-order valence-electron chi connectivity index (χ2n) is 14.2. The number of allylic oxidation sites excluding steroid dienone is 1. The third-order valence-corrected chi connectivity index (χ3v) is 12.5. The van der Waals surface area contributed by atoms with E-state index in [-0.39, 0.29) is 17.5 Å². The topological polar surface area (TPSA) is 38.8 Å². The van der Waals surface area contributed by atoms with Gasteiger partial charge in [0.1, 0.15) is 6.04 Å². The van der Waals surface area contributed by atoms with Crippen LogP contribution in [0, 0.1) is 34.5 Å². The summed E-state index contributed by atoms with van der Waals surface area (Å²) < 4.78 is 13.2. The number of rotatable bonds is 3. The summed E-state index contributed by atoms with van der Waals surface area (Å²) in [5, 5.41) is 0. The van der Waals surface area contributed by atoms with Crippen LogP contribution in [0.2, 0.25) is 0 Å². The number of carbonyl (C=O) groups excluding carboxylic acids is 1. The van der Waals surface area contributed by atoms with Gasteiger partial charge < -0.3 is 14.0 Å². The molecule has 2 aliphatic heterocycles. The Morgan fingerprint density at radius 3 is 2.58 bits per heavy atom. The first-order valence-electron chi connectivity index (χ1n) is 15.3. The van der Waals surface area contributed by atoms with Crippen molar-refractivity contribution in [1.82, 2.24) is 4.90 Å². The monoisotopic (exact) mass is 499 g/mol. The van der Waals surface area contributed by atoms with Crippen LogP contribution in [0.1, 0.15) is 78.6 Å². The molecule has 3 saturated carbocycles. The minimum Gasteiger partial charge on any atom is -0.456 e. The lowest BCUT2D eigenvalue weighted by Crippen LogP contribution is -2.58. The van der Waals surface area contributed by atoms with Gasteiger partial charge in [0.25, 0.3) is 0 Å². The maximum Gasteiger partial charge on any atom is 0.303 e. The van der Waals surface area contributed by atoms with Crippen molar-refractivity contribution in [2.45, 2.75) is 96.7 Å². The molecule has 6 aliphatic rings. The summed E-state index contributed by atoms with van der Waals surface area (Å²) in [6.07, 6.45) is 16.9. The van der Waals surface area contributed by atoms with E-state index in [4.69, 9.17) is 9.47 Å². The molecular formula is C31H51N2O3+. The summed E-state index contributed by atoms with van der Waals surface area (Å²) in [6, 6.07) is 1.05. The van der Waals surface area contributed by atoms with Crippen LogP contribution < -0.4 is 0 Å². The van der Waals surface area contributed by atoms with Crippen molar-refractivity contribution in [3.05, 3.63) is 12.2 Å². The Morgan fingerprint density at radius 1 is 1.00 bits per heavy atom. The smallest absolute Gasteiger partial charge is 0.303 e. The zero-order valence-corrected chi connectivity index (χ0v) is 23.4. The maximum atomic E-state index is 12.4. The molecule has 202 valence electrons. The molecular weight excluding hydrogens is 448 g/mol. The van der Waals surface area contributed by atoms with Crippen molar-refractivity contribution in [2.24, 2.45) is 34.5 Å². The molecule has 2 saturated heterocycles. The number of nitrogens with zero attached hydrogens (tertiary/aromatic N) is 2. The summed E-state index contributed by atoms with van der Waals surface area (Å²) in [5.74, 6) is 2.92. The Labute approximate surface area is 219 Å². The molecule has 0 aromatic heterocycles. The van der Waals surface area contributed by atoms with Crippen molar-refractivity contribution < 1.29 is 18.8 Å². The second kappa shape index (κ2) is 9.38. The minimum atomic E-state index is -0.0721. The van der Waals surface area contributed by atoms with Crippen LogP contribution in [-0.4, -0.2) is 80.0 Å². The molecule has 5 nitrogen and oxygen atoms in total. The summed E-state index contributed by atoms with van der Waals surface area (Å²) in [6.45, 7) is 13.4. The number of hydrogen-bond acceptors (Lipinski definition) is 4. The van der Waals surface area contributed by atoms with Gasteiger partial charge in [0.05, 0.1) is 26.7 Å². The molecule has 6 rings (SSSR count). The molecule has 9 atom stereocenters. The molecule has 0 radical (unpaired) electrons. The largest absolute Gasteiger partial charge is 0.456 e. The van der Waals surface area contributed by atoms with Gasteiger partial charge in [-0.3, -0.25) is 9.69 Å². The summed E-state index contributed by atoms with van der Waals surface area (Å²) in [5.41, 5.74) is 0.522.